The number of carbonyl (C=O) groups excluding carboxylic acids is 1. The van der Waals surface area contributed by atoms with E-state index in [2.05, 4.69) is 6.07 Å². The highest BCUT2D eigenvalue weighted by molar-refractivity contribution is 5.67. The summed E-state index contributed by atoms with van der Waals surface area (Å²) < 4.78 is 18.0. The van der Waals surface area contributed by atoms with Gasteiger partial charge in [-0.3, -0.25) is 0 Å². The van der Waals surface area contributed by atoms with Crippen LogP contribution < -0.4 is 5.73 Å². The Labute approximate surface area is 116 Å². The van der Waals surface area contributed by atoms with E-state index in [-0.39, 0.29) is 11.9 Å². The van der Waals surface area contributed by atoms with Crippen LogP contribution in [0.3, 0.4) is 0 Å². The summed E-state index contributed by atoms with van der Waals surface area (Å²) in [5.74, 6) is -0.246. The first-order valence-electron chi connectivity index (χ1n) is 6.48. The molecule has 0 fully saturated rings. The highest BCUT2D eigenvalue weighted by atomic mass is 19.1. The summed E-state index contributed by atoms with van der Waals surface area (Å²) >= 11 is 0. The Morgan fingerprint density at radius 1 is 1.15 bits per heavy atom. The van der Waals surface area contributed by atoms with E-state index in [1.54, 1.807) is 12.1 Å². The van der Waals surface area contributed by atoms with E-state index >= 15 is 0 Å². The topological polar surface area (TPSA) is 52.3 Å². The normalized spacial score (nSPS) is 16.8. The van der Waals surface area contributed by atoms with Crippen LogP contribution in [0, 0.1) is 5.82 Å². The van der Waals surface area contributed by atoms with E-state index in [9.17, 15) is 9.18 Å². The highest BCUT2D eigenvalue weighted by Crippen LogP contribution is 2.36. The van der Waals surface area contributed by atoms with Crippen LogP contribution in [0.1, 0.15) is 23.7 Å². The van der Waals surface area contributed by atoms with Gasteiger partial charge in [-0.05, 0) is 47.2 Å². The van der Waals surface area contributed by atoms with Crippen LogP contribution in [0.2, 0.25) is 0 Å². The third-order valence-corrected chi connectivity index (χ3v) is 3.60. The average Bonchev–Trinajstić information content (AvgIpc) is 2.81. The van der Waals surface area contributed by atoms with E-state index in [1.807, 2.05) is 12.1 Å². The van der Waals surface area contributed by atoms with Crippen molar-refractivity contribution in [1.29, 1.82) is 0 Å². The molecule has 0 spiro atoms. The van der Waals surface area contributed by atoms with Gasteiger partial charge in [-0.25, -0.2) is 9.18 Å². The number of carbonyl (C=O) groups is 1. The summed E-state index contributed by atoms with van der Waals surface area (Å²) in [6.07, 6.45) is 0.614. The van der Waals surface area contributed by atoms with E-state index in [0.29, 0.717) is 0 Å². The number of hydrogen-bond donors (Lipinski definition) is 1. The summed E-state index contributed by atoms with van der Waals surface area (Å²) in [6.45, 7) is 0. The summed E-state index contributed by atoms with van der Waals surface area (Å²) in [4.78, 5) is 10.8. The standard InChI is InChI=1S/C16H14FNO2/c17-13-5-1-10(2-6-13)11-3-7-14-12(9-11)4-8-15(14)20-16(18)19/h1-3,5-7,9,15H,4,8H2,(H2,18,19). The van der Waals surface area contributed by atoms with Gasteiger partial charge in [0.05, 0.1) is 0 Å². The Kier molecular flexibility index (Phi) is 3.14. The Morgan fingerprint density at radius 2 is 1.85 bits per heavy atom. The molecule has 0 saturated heterocycles. The molecule has 2 aromatic carbocycles. The lowest BCUT2D eigenvalue weighted by Crippen LogP contribution is -2.15. The molecule has 0 aromatic heterocycles. The van der Waals surface area contributed by atoms with Crippen LogP contribution in [-0.4, -0.2) is 6.09 Å². The zero-order chi connectivity index (χ0) is 14.1. The minimum atomic E-state index is -0.745. The predicted molar refractivity (Wildman–Crippen MR) is 73.6 cm³/mol. The molecule has 0 radical (unpaired) electrons. The first-order chi connectivity index (χ1) is 9.63. The Balaban J connectivity index is 1.91. The molecule has 2 N–H and O–H groups in total. The molecule has 4 heteroatoms. The van der Waals surface area contributed by atoms with Gasteiger partial charge in [0.25, 0.3) is 0 Å². The number of aryl methyl sites for hydroxylation is 1. The number of benzene rings is 2. The summed E-state index contributed by atoms with van der Waals surface area (Å²) in [5, 5.41) is 0. The third-order valence-electron chi connectivity index (χ3n) is 3.60. The first-order valence-corrected chi connectivity index (χ1v) is 6.48. The van der Waals surface area contributed by atoms with Crippen molar-refractivity contribution in [3.8, 4) is 11.1 Å². The van der Waals surface area contributed by atoms with Gasteiger partial charge >= 0.3 is 6.09 Å². The van der Waals surface area contributed by atoms with Crippen molar-refractivity contribution < 1.29 is 13.9 Å². The number of amides is 1. The molecule has 0 heterocycles. The maximum absolute atomic E-state index is 12.9. The van der Waals surface area contributed by atoms with E-state index in [0.717, 1.165) is 35.1 Å². The second-order valence-electron chi connectivity index (χ2n) is 4.88. The molecule has 1 aliphatic carbocycles. The first kappa shape index (κ1) is 12.7. The van der Waals surface area contributed by atoms with Crippen molar-refractivity contribution in [3.63, 3.8) is 0 Å². The van der Waals surface area contributed by atoms with Crippen LogP contribution in [0.25, 0.3) is 11.1 Å². The van der Waals surface area contributed by atoms with Gasteiger partial charge in [0.1, 0.15) is 11.9 Å². The molecule has 0 saturated carbocycles. The van der Waals surface area contributed by atoms with Gasteiger partial charge in [0, 0.05) is 0 Å². The van der Waals surface area contributed by atoms with Crippen LogP contribution in [0.4, 0.5) is 9.18 Å². The van der Waals surface area contributed by atoms with Crippen LogP contribution in [0.5, 0.6) is 0 Å². The fourth-order valence-corrected chi connectivity index (χ4v) is 2.66. The maximum Gasteiger partial charge on any atom is 0.405 e. The number of rotatable bonds is 2. The molecular formula is C16H14FNO2. The number of primary amides is 1. The minimum absolute atomic E-state index is 0.246. The van der Waals surface area contributed by atoms with Gasteiger partial charge in [0.15, 0.2) is 0 Å². The molecule has 0 aliphatic heterocycles. The van der Waals surface area contributed by atoms with Gasteiger partial charge in [-0.15, -0.1) is 0 Å². The van der Waals surface area contributed by atoms with Crippen LogP contribution >= 0.6 is 0 Å². The van der Waals surface area contributed by atoms with E-state index in [1.165, 1.54) is 12.1 Å². The van der Waals surface area contributed by atoms with Crippen LogP contribution in [-0.2, 0) is 11.2 Å². The number of fused-ring (bicyclic) bond motifs is 1. The maximum atomic E-state index is 12.9. The summed E-state index contributed by atoms with van der Waals surface area (Å²) in [7, 11) is 0. The molecule has 3 nitrogen and oxygen atoms in total. The van der Waals surface area contributed by atoms with Crippen molar-refractivity contribution in [2.75, 3.05) is 0 Å². The second kappa shape index (κ2) is 4.96. The fourth-order valence-electron chi connectivity index (χ4n) is 2.66. The summed E-state index contributed by atoms with van der Waals surface area (Å²) in [6, 6.07) is 12.4. The van der Waals surface area contributed by atoms with Crippen molar-refractivity contribution in [2.45, 2.75) is 18.9 Å². The van der Waals surface area contributed by atoms with Gasteiger partial charge in [0.2, 0.25) is 0 Å². The van der Waals surface area contributed by atoms with Crippen molar-refractivity contribution in [2.24, 2.45) is 5.73 Å². The third kappa shape index (κ3) is 2.37. The van der Waals surface area contributed by atoms with Gasteiger partial charge in [-0.2, -0.15) is 0 Å². The molecular weight excluding hydrogens is 257 g/mol. The van der Waals surface area contributed by atoms with Crippen molar-refractivity contribution in [1.82, 2.24) is 0 Å². The zero-order valence-corrected chi connectivity index (χ0v) is 10.8. The Hall–Kier alpha value is -2.36. The molecule has 20 heavy (non-hydrogen) atoms. The minimum Gasteiger partial charge on any atom is -0.441 e. The number of nitrogens with two attached hydrogens (primary N) is 1. The van der Waals surface area contributed by atoms with Gasteiger partial charge < -0.3 is 10.5 Å². The SMILES string of the molecule is NC(=O)OC1CCc2cc(-c3ccc(F)cc3)ccc21. The molecule has 1 atom stereocenters. The highest BCUT2D eigenvalue weighted by Gasteiger charge is 2.25. The molecule has 1 unspecified atom stereocenters. The Bertz CT molecular complexity index is 652. The monoisotopic (exact) mass is 271 g/mol. The van der Waals surface area contributed by atoms with Crippen molar-refractivity contribution in [3.05, 3.63) is 59.4 Å². The molecule has 0 bridgehead atoms. The van der Waals surface area contributed by atoms with E-state index in [4.69, 9.17) is 10.5 Å². The van der Waals surface area contributed by atoms with E-state index < -0.39 is 6.09 Å². The molecule has 2 aromatic rings. The number of halogens is 1. The zero-order valence-electron chi connectivity index (χ0n) is 10.8. The predicted octanol–water partition coefficient (Wildman–Crippen LogP) is 3.58. The van der Waals surface area contributed by atoms with Crippen LogP contribution in [0.15, 0.2) is 42.5 Å². The Morgan fingerprint density at radius 3 is 2.55 bits per heavy atom. The lowest BCUT2D eigenvalue weighted by atomic mass is 10.0. The summed E-state index contributed by atoms with van der Waals surface area (Å²) in [5.41, 5.74) is 9.22. The molecule has 1 amide bonds. The number of hydrogen-bond acceptors (Lipinski definition) is 2. The second-order valence-corrected chi connectivity index (χ2v) is 4.88. The quantitative estimate of drug-likeness (QED) is 0.907. The lowest BCUT2D eigenvalue weighted by Gasteiger charge is -2.12. The largest absolute Gasteiger partial charge is 0.441 e. The number of ether oxygens (including phenoxy) is 1. The van der Waals surface area contributed by atoms with Crippen molar-refractivity contribution >= 4 is 6.09 Å². The lowest BCUT2D eigenvalue weighted by molar-refractivity contribution is 0.107. The fraction of sp³-hybridized carbons (Fsp3) is 0.188. The van der Waals surface area contributed by atoms with Gasteiger partial charge in [-0.1, -0.05) is 30.3 Å². The smallest absolute Gasteiger partial charge is 0.405 e. The molecule has 3 rings (SSSR count). The average molecular weight is 271 g/mol. The molecule has 1 aliphatic rings. The molecule has 102 valence electrons.